The van der Waals surface area contributed by atoms with Gasteiger partial charge in [-0.25, -0.2) is 4.98 Å². The Labute approximate surface area is 113 Å². The van der Waals surface area contributed by atoms with Crippen molar-refractivity contribution >= 4 is 11.5 Å². The zero-order chi connectivity index (χ0) is 13.8. The topological polar surface area (TPSA) is 58.4 Å². The third kappa shape index (κ3) is 3.01. The molecule has 2 heterocycles. The molecule has 0 saturated heterocycles. The molecular formula is C13H22N6. The molecule has 104 valence electrons. The Kier molecular flexibility index (Phi) is 4.31. The van der Waals surface area contributed by atoms with Gasteiger partial charge in [0.2, 0.25) is 5.65 Å². The maximum absolute atomic E-state index is 4.37. The van der Waals surface area contributed by atoms with E-state index in [4.69, 9.17) is 0 Å². The van der Waals surface area contributed by atoms with E-state index in [-0.39, 0.29) is 0 Å². The van der Waals surface area contributed by atoms with Crippen molar-refractivity contribution in [3.05, 3.63) is 18.2 Å². The molecule has 0 radical (unpaired) electrons. The summed E-state index contributed by atoms with van der Waals surface area (Å²) >= 11 is 0. The average molecular weight is 262 g/mol. The largest absolute Gasteiger partial charge is 0.363 e. The molecule has 0 aromatic carbocycles. The van der Waals surface area contributed by atoms with Crippen LogP contribution in [0.3, 0.4) is 0 Å². The van der Waals surface area contributed by atoms with Crippen molar-refractivity contribution in [3.63, 3.8) is 0 Å². The highest BCUT2D eigenvalue weighted by Gasteiger charge is 2.12. The van der Waals surface area contributed by atoms with Gasteiger partial charge in [-0.2, -0.15) is 0 Å². The molecule has 19 heavy (non-hydrogen) atoms. The van der Waals surface area contributed by atoms with Crippen LogP contribution in [-0.4, -0.2) is 50.2 Å². The first-order chi connectivity index (χ1) is 9.15. The maximum atomic E-state index is 4.37. The monoisotopic (exact) mass is 262 g/mol. The van der Waals surface area contributed by atoms with Crippen molar-refractivity contribution < 1.29 is 0 Å². The number of hydrogen-bond donors (Lipinski definition) is 1. The summed E-state index contributed by atoms with van der Waals surface area (Å²) in [6, 6.07) is 0.315. The zero-order valence-corrected chi connectivity index (χ0v) is 12.1. The molecule has 1 atom stereocenters. The summed E-state index contributed by atoms with van der Waals surface area (Å²) in [7, 11) is 0. The number of aryl methyl sites for hydroxylation is 1. The lowest BCUT2D eigenvalue weighted by Crippen LogP contribution is -2.35. The highest BCUT2D eigenvalue weighted by atomic mass is 15.3. The molecule has 0 saturated carbocycles. The van der Waals surface area contributed by atoms with Crippen LogP contribution < -0.4 is 5.32 Å². The van der Waals surface area contributed by atoms with Crippen molar-refractivity contribution in [2.75, 3.05) is 25.0 Å². The first-order valence-electron chi connectivity index (χ1n) is 6.80. The van der Waals surface area contributed by atoms with Crippen LogP contribution in [0.1, 0.15) is 26.6 Å². The second-order valence-electron chi connectivity index (χ2n) is 4.75. The number of nitrogens with one attached hydrogen (secondary N) is 1. The molecule has 2 rings (SSSR count). The van der Waals surface area contributed by atoms with Gasteiger partial charge in [0.15, 0.2) is 5.82 Å². The second kappa shape index (κ2) is 5.97. The van der Waals surface area contributed by atoms with Gasteiger partial charge in [0.25, 0.3) is 0 Å². The maximum Gasteiger partial charge on any atom is 0.203 e. The van der Waals surface area contributed by atoms with Gasteiger partial charge in [-0.1, -0.05) is 13.8 Å². The Bertz CT molecular complexity index is 531. The number of aromatic nitrogens is 4. The Hall–Kier alpha value is -1.69. The highest BCUT2D eigenvalue weighted by Crippen LogP contribution is 2.13. The fourth-order valence-corrected chi connectivity index (χ4v) is 2.19. The summed E-state index contributed by atoms with van der Waals surface area (Å²) in [5, 5.41) is 11.7. The Morgan fingerprint density at radius 1 is 1.32 bits per heavy atom. The smallest absolute Gasteiger partial charge is 0.203 e. The van der Waals surface area contributed by atoms with Crippen molar-refractivity contribution in [2.45, 2.75) is 33.7 Å². The minimum Gasteiger partial charge on any atom is -0.363 e. The number of likely N-dealkylation sites (N-methyl/N-ethyl adjacent to an activating group) is 1. The quantitative estimate of drug-likeness (QED) is 0.856. The van der Waals surface area contributed by atoms with E-state index < -0.39 is 0 Å². The highest BCUT2D eigenvalue weighted by molar-refractivity contribution is 5.62. The molecule has 0 aliphatic rings. The predicted octanol–water partition coefficient (Wildman–Crippen LogP) is 1.57. The second-order valence-corrected chi connectivity index (χ2v) is 4.75. The van der Waals surface area contributed by atoms with Crippen LogP contribution in [0, 0.1) is 6.92 Å². The molecular weight excluding hydrogens is 240 g/mol. The molecule has 6 nitrogen and oxygen atoms in total. The molecule has 0 amide bonds. The lowest BCUT2D eigenvalue weighted by atomic mass is 10.3. The lowest BCUT2D eigenvalue weighted by Gasteiger charge is -2.23. The minimum atomic E-state index is 0.315. The summed E-state index contributed by atoms with van der Waals surface area (Å²) in [6.45, 7) is 11.6. The van der Waals surface area contributed by atoms with E-state index in [0.717, 1.165) is 36.9 Å². The number of rotatable bonds is 6. The number of nitrogens with zero attached hydrogens (tertiary/aromatic N) is 5. The number of hydrogen-bond acceptors (Lipinski definition) is 5. The molecule has 2 aromatic rings. The average Bonchev–Trinajstić information content (AvgIpc) is 2.79. The summed E-state index contributed by atoms with van der Waals surface area (Å²) in [5.74, 6) is 1.67. The third-order valence-electron chi connectivity index (χ3n) is 3.31. The minimum absolute atomic E-state index is 0.315. The number of anilines is 1. The lowest BCUT2D eigenvalue weighted by molar-refractivity contribution is 0.294. The summed E-state index contributed by atoms with van der Waals surface area (Å²) < 4.78 is 1.94. The van der Waals surface area contributed by atoms with Crippen molar-refractivity contribution in [1.29, 1.82) is 0 Å². The fourth-order valence-electron chi connectivity index (χ4n) is 2.19. The van der Waals surface area contributed by atoms with E-state index in [1.165, 1.54) is 0 Å². The molecule has 0 fully saturated rings. The molecule has 0 spiro atoms. The molecule has 1 unspecified atom stereocenters. The molecule has 1 N–H and O–H groups in total. The van der Waals surface area contributed by atoms with Gasteiger partial charge in [0.05, 0.1) is 0 Å². The van der Waals surface area contributed by atoms with Crippen LogP contribution >= 0.6 is 0 Å². The van der Waals surface area contributed by atoms with Crippen molar-refractivity contribution in [3.8, 4) is 0 Å². The van der Waals surface area contributed by atoms with Crippen LogP contribution in [0.4, 0.5) is 5.82 Å². The summed E-state index contributed by atoms with van der Waals surface area (Å²) in [5.41, 5.74) is 0.784. The van der Waals surface area contributed by atoms with E-state index in [9.17, 15) is 0 Å². The third-order valence-corrected chi connectivity index (χ3v) is 3.31. The molecule has 0 aliphatic carbocycles. The fraction of sp³-hybridized carbons (Fsp3) is 0.615. The van der Waals surface area contributed by atoms with Crippen LogP contribution in [-0.2, 0) is 0 Å². The number of fused-ring (bicyclic) bond motifs is 1. The van der Waals surface area contributed by atoms with E-state index in [0.29, 0.717) is 6.04 Å². The van der Waals surface area contributed by atoms with Gasteiger partial charge in [0, 0.05) is 25.0 Å². The Balaban J connectivity index is 2.12. The van der Waals surface area contributed by atoms with E-state index >= 15 is 0 Å². The van der Waals surface area contributed by atoms with Gasteiger partial charge in [-0.05, 0) is 26.9 Å². The normalized spacial score (nSPS) is 13.1. The Morgan fingerprint density at radius 3 is 2.74 bits per heavy atom. The molecule has 0 bridgehead atoms. The molecule has 0 aliphatic heterocycles. The SMILES string of the molecule is CCN(CC)CC(C)Nc1nccn2c(C)nnc12. The standard InChI is InChI=1S/C13H22N6/c1-5-18(6-2)9-10(3)15-12-13-17-16-11(4)19(13)8-7-14-12/h7-8,10H,5-6,9H2,1-4H3,(H,14,15). The van der Waals surface area contributed by atoms with Crippen LogP contribution in [0.25, 0.3) is 5.65 Å². The molecule has 6 heteroatoms. The van der Waals surface area contributed by atoms with E-state index in [1.807, 2.05) is 17.5 Å². The van der Waals surface area contributed by atoms with Gasteiger partial charge >= 0.3 is 0 Å². The van der Waals surface area contributed by atoms with Crippen LogP contribution in [0.15, 0.2) is 12.4 Å². The van der Waals surface area contributed by atoms with Gasteiger partial charge in [-0.15, -0.1) is 10.2 Å². The zero-order valence-electron chi connectivity index (χ0n) is 12.1. The first-order valence-corrected chi connectivity index (χ1v) is 6.80. The Morgan fingerprint density at radius 2 is 2.05 bits per heavy atom. The van der Waals surface area contributed by atoms with E-state index in [1.54, 1.807) is 6.20 Å². The van der Waals surface area contributed by atoms with Crippen molar-refractivity contribution in [2.24, 2.45) is 0 Å². The van der Waals surface area contributed by atoms with Gasteiger partial charge < -0.3 is 10.2 Å². The van der Waals surface area contributed by atoms with Gasteiger partial charge in [0.1, 0.15) is 5.82 Å². The summed E-state index contributed by atoms with van der Waals surface area (Å²) in [6.07, 6.45) is 3.65. The van der Waals surface area contributed by atoms with Crippen LogP contribution in [0.5, 0.6) is 0 Å². The summed E-state index contributed by atoms with van der Waals surface area (Å²) in [4.78, 5) is 6.75. The van der Waals surface area contributed by atoms with Crippen LogP contribution in [0.2, 0.25) is 0 Å². The predicted molar refractivity (Wildman–Crippen MR) is 76.4 cm³/mol. The molecule has 2 aromatic heterocycles. The van der Waals surface area contributed by atoms with Crippen molar-refractivity contribution in [1.82, 2.24) is 24.5 Å². The van der Waals surface area contributed by atoms with Gasteiger partial charge in [-0.3, -0.25) is 4.40 Å². The van der Waals surface area contributed by atoms with E-state index in [2.05, 4.69) is 46.2 Å². The first kappa shape index (κ1) is 13.7.